The van der Waals surface area contributed by atoms with Gasteiger partial charge in [-0.3, -0.25) is 0 Å². The number of rotatable bonds is 4. The van der Waals surface area contributed by atoms with E-state index >= 15 is 0 Å². The molecule has 1 heterocycles. The van der Waals surface area contributed by atoms with E-state index < -0.39 is 11.6 Å². The predicted molar refractivity (Wildman–Crippen MR) is 82.2 cm³/mol. The van der Waals surface area contributed by atoms with Crippen LogP contribution in [0.1, 0.15) is 11.3 Å². The first-order valence-electron chi connectivity index (χ1n) is 6.75. The van der Waals surface area contributed by atoms with Crippen molar-refractivity contribution < 1.29 is 13.5 Å². The zero-order chi connectivity index (χ0) is 17.1. The second-order valence-corrected chi connectivity index (χ2v) is 5.33. The molecular weight excluding hydrogens is 338 g/mol. The van der Waals surface area contributed by atoms with Gasteiger partial charge in [-0.2, -0.15) is 5.26 Å². The van der Waals surface area contributed by atoms with Gasteiger partial charge in [-0.05, 0) is 35.9 Å². The average Bonchev–Trinajstić information content (AvgIpc) is 3.00. The number of aromatic nitrogens is 3. The monoisotopic (exact) mass is 346 g/mol. The van der Waals surface area contributed by atoms with Crippen LogP contribution >= 0.6 is 11.6 Å². The Labute approximate surface area is 140 Å². The molecule has 1 aromatic heterocycles. The average molecular weight is 347 g/mol. The molecule has 0 saturated carbocycles. The molecule has 8 heteroatoms. The lowest BCUT2D eigenvalue weighted by molar-refractivity contribution is 0.304. The minimum Gasteiger partial charge on any atom is -0.489 e. The van der Waals surface area contributed by atoms with Crippen molar-refractivity contribution in [2.45, 2.75) is 6.61 Å². The molecule has 0 aliphatic rings. The van der Waals surface area contributed by atoms with Gasteiger partial charge in [0.2, 0.25) is 0 Å². The van der Waals surface area contributed by atoms with E-state index in [0.29, 0.717) is 11.1 Å². The van der Waals surface area contributed by atoms with Gasteiger partial charge in [0.05, 0.1) is 0 Å². The SMILES string of the molecule is N#Cc1[nH]nnc1-c1cc(F)cc(OCc2cc(F)cc(Cl)c2)c1. The lowest BCUT2D eigenvalue weighted by atomic mass is 10.1. The Morgan fingerprint density at radius 2 is 1.92 bits per heavy atom. The van der Waals surface area contributed by atoms with E-state index in [1.54, 1.807) is 6.07 Å². The highest BCUT2D eigenvalue weighted by atomic mass is 35.5. The Balaban J connectivity index is 1.85. The first-order chi connectivity index (χ1) is 11.5. The summed E-state index contributed by atoms with van der Waals surface area (Å²) in [6.45, 7) is 0.00426. The van der Waals surface area contributed by atoms with Crippen LogP contribution in [-0.4, -0.2) is 15.4 Å². The first-order valence-corrected chi connectivity index (χ1v) is 7.13. The van der Waals surface area contributed by atoms with E-state index in [2.05, 4.69) is 15.4 Å². The van der Waals surface area contributed by atoms with Crippen LogP contribution < -0.4 is 4.74 Å². The van der Waals surface area contributed by atoms with E-state index in [1.165, 1.54) is 30.3 Å². The number of ether oxygens (including phenoxy) is 1. The van der Waals surface area contributed by atoms with Gasteiger partial charge in [0.15, 0.2) is 5.69 Å². The van der Waals surface area contributed by atoms with E-state index in [4.69, 9.17) is 21.6 Å². The Bertz CT molecular complexity index is 916. The van der Waals surface area contributed by atoms with Gasteiger partial charge >= 0.3 is 0 Å². The molecular formula is C16H9ClF2N4O. The van der Waals surface area contributed by atoms with Gasteiger partial charge in [0, 0.05) is 16.7 Å². The highest BCUT2D eigenvalue weighted by Crippen LogP contribution is 2.26. The Kier molecular flexibility index (Phi) is 4.40. The molecule has 3 aromatic rings. The molecule has 0 fully saturated rings. The van der Waals surface area contributed by atoms with Gasteiger partial charge in [-0.1, -0.05) is 16.8 Å². The highest BCUT2D eigenvalue weighted by molar-refractivity contribution is 6.30. The largest absolute Gasteiger partial charge is 0.489 e. The summed E-state index contributed by atoms with van der Waals surface area (Å²) in [6, 6.07) is 9.80. The maximum atomic E-state index is 13.8. The number of hydrogen-bond donors (Lipinski definition) is 1. The second kappa shape index (κ2) is 6.64. The number of halogens is 3. The molecule has 0 aliphatic heterocycles. The normalized spacial score (nSPS) is 10.4. The summed E-state index contributed by atoms with van der Waals surface area (Å²) in [6.07, 6.45) is 0. The fourth-order valence-electron chi connectivity index (χ4n) is 2.15. The quantitative estimate of drug-likeness (QED) is 0.778. The zero-order valence-electron chi connectivity index (χ0n) is 12.1. The van der Waals surface area contributed by atoms with E-state index in [-0.39, 0.29) is 28.8 Å². The van der Waals surface area contributed by atoms with Crippen LogP contribution in [0.3, 0.4) is 0 Å². The molecule has 0 aliphatic carbocycles. The van der Waals surface area contributed by atoms with Crippen molar-refractivity contribution >= 4 is 11.6 Å². The molecule has 0 unspecified atom stereocenters. The number of benzene rings is 2. The maximum absolute atomic E-state index is 13.8. The van der Waals surface area contributed by atoms with E-state index in [1.807, 2.05) is 6.07 Å². The molecule has 0 saturated heterocycles. The number of hydrogen-bond acceptors (Lipinski definition) is 4. The molecule has 1 N–H and O–H groups in total. The summed E-state index contributed by atoms with van der Waals surface area (Å²) in [5, 5.41) is 18.9. The third-order valence-electron chi connectivity index (χ3n) is 3.13. The fraction of sp³-hybridized carbons (Fsp3) is 0.0625. The van der Waals surface area contributed by atoms with E-state index in [0.717, 1.165) is 0 Å². The second-order valence-electron chi connectivity index (χ2n) is 4.89. The summed E-state index contributed by atoms with van der Waals surface area (Å²) in [4.78, 5) is 0. The van der Waals surface area contributed by atoms with Crippen LogP contribution in [0.25, 0.3) is 11.3 Å². The number of aromatic amines is 1. The molecule has 0 bridgehead atoms. The standard InChI is InChI=1S/C16H9ClF2N4O/c17-11-1-9(2-12(18)5-11)8-24-14-4-10(3-13(19)6-14)16-15(7-20)21-23-22-16/h1-6H,8H2,(H,21,22,23). The van der Waals surface area contributed by atoms with Gasteiger partial charge in [-0.25, -0.2) is 13.9 Å². The van der Waals surface area contributed by atoms with Crippen LogP contribution in [0.4, 0.5) is 8.78 Å². The van der Waals surface area contributed by atoms with Gasteiger partial charge < -0.3 is 4.74 Å². The summed E-state index contributed by atoms with van der Waals surface area (Å²) in [5.74, 6) is -0.841. The lowest BCUT2D eigenvalue weighted by Gasteiger charge is -2.08. The molecule has 5 nitrogen and oxygen atoms in total. The van der Waals surface area contributed by atoms with Gasteiger partial charge in [0.1, 0.15) is 35.8 Å². The minimum atomic E-state index is -0.563. The van der Waals surface area contributed by atoms with Crippen molar-refractivity contribution in [3.05, 3.63) is 64.3 Å². The highest BCUT2D eigenvalue weighted by Gasteiger charge is 2.12. The summed E-state index contributed by atoms with van der Waals surface area (Å²) in [7, 11) is 0. The minimum absolute atomic E-state index is 0.00426. The molecule has 0 radical (unpaired) electrons. The molecule has 24 heavy (non-hydrogen) atoms. The van der Waals surface area contributed by atoms with Crippen LogP contribution in [0.2, 0.25) is 5.02 Å². The molecule has 2 aromatic carbocycles. The summed E-state index contributed by atoms with van der Waals surface area (Å²) < 4.78 is 32.6. The number of nitrogens with one attached hydrogen (secondary N) is 1. The maximum Gasteiger partial charge on any atom is 0.163 e. The van der Waals surface area contributed by atoms with Gasteiger partial charge in [0.25, 0.3) is 0 Å². The number of nitrogens with zero attached hydrogens (tertiary/aromatic N) is 3. The number of nitriles is 1. The van der Waals surface area contributed by atoms with Crippen LogP contribution in [0.15, 0.2) is 36.4 Å². The first kappa shape index (κ1) is 15.9. The molecule has 120 valence electrons. The Morgan fingerprint density at radius 1 is 1.12 bits per heavy atom. The van der Waals surface area contributed by atoms with Crippen molar-refractivity contribution in [3.63, 3.8) is 0 Å². The molecule has 3 rings (SSSR count). The van der Waals surface area contributed by atoms with Crippen molar-refractivity contribution in [2.24, 2.45) is 0 Å². The predicted octanol–water partition coefficient (Wildman–Crippen LogP) is 3.85. The smallest absolute Gasteiger partial charge is 0.163 e. The molecule has 0 amide bonds. The van der Waals surface area contributed by atoms with Crippen LogP contribution in [-0.2, 0) is 6.61 Å². The lowest BCUT2D eigenvalue weighted by Crippen LogP contribution is -1.97. The third kappa shape index (κ3) is 3.50. The number of H-pyrrole nitrogens is 1. The zero-order valence-corrected chi connectivity index (χ0v) is 12.8. The van der Waals surface area contributed by atoms with Crippen LogP contribution in [0, 0.1) is 23.0 Å². The molecule has 0 spiro atoms. The topological polar surface area (TPSA) is 74.6 Å². The third-order valence-corrected chi connectivity index (χ3v) is 3.35. The summed E-state index contributed by atoms with van der Waals surface area (Å²) in [5.41, 5.74) is 1.18. The molecule has 0 atom stereocenters. The summed E-state index contributed by atoms with van der Waals surface area (Å²) >= 11 is 5.78. The van der Waals surface area contributed by atoms with E-state index in [9.17, 15) is 8.78 Å². The van der Waals surface area contributed by atoms with Gasteiger partial charge in [-0.15, -0.1) is 5.10 Å². The Morgan fingerprint density at radius 3 is 2.67 bits per heavy atom. The van der Waals surface area contributed by atoms with Crippen LogP contribution in [0.5, 0.6) is 5.75 Å². The van der Waals surface area contributed by atoms with Crippen molar-refractivity contribution in [2.75, 3.05) is 0 Å². The van der Waals surface area contributed by atoms with Crippen molar-refractivity contribution in [1.29, 1.82) is 5.26 Å². The fourth-order valence-corrected chi connectivity index (χ4v) is 2.40. The van der Waals surface area contributed by atoms with Crippen molar-refractivity contribution in [3.8, 4) is 23.1 Å². The van der Waals surface area contributed by atoms with Crippen molar-refractivity contribution in [1.82, 2.24) is 15.4 Å². The Hall–Kier alpha value is -2.98.